The molecule has 0 spiro atoms. The molecular weight excluding hydrogens is 388 g/mol. The van der Waals surface area contributed by atoms with Crippen molar-refractivity contribution in [3.63, 3.8) is 0 Å². The summed E-state index contributed by atoms with van der Waals surface area (Å²) < 4.78 is 11.2. The van der Waals surface area contributed by atoms with Gasteiger partial charge in [-0.3, -0.25) is 9.69 Å². The highest BCUT2D eigenvalue weighted by molar-refractivity contribution is 5.94. The summed E-state index contributed by atoms with van der Waals surface area (Å²) in [6.45, 7) is 5.48. The first kappa shape index (κ1) is 21.1. The van der Waals surface area contributed by atoms with Crippen molar-refractivity contribution < 1.29 is 14.3 Å². The van der Waals surface area contributed by atoms with Crippen LogP contribution in [0.3, 0.4) is 0 Å². The molecule has 160 valence electrons. The number of carbonyl (C=O) groups excluding carboxylic acids is 1. The number of nitrogens with one attached hydrogen (secondary N) is 1. The molecule has 3 aromatic carbocycles. The Morgan fingerprint density at radius 2 is 1.61 bits per heavy atom. The van der Waals surface area contributed by atoms with E-state index in [-0.39, 0.29) is 5.91 Å². The molecule has 1 aliphatic heterocycles. The van der Waals surface area contributed by atoms with Gasteiger partial charge in [-0.1, -0.05) is 60.7 Å². The van der Waals surface area contributed by atoms with Crippen LogP contribution in [0.4, 0.5) is 0 Å². The van der Waals surface area contributed by atoms with E-state index in [0.29, 0.717) is 24.5 Å². The average Bonchev–Trinajstić information content (AvgIpc) is 2.83. The molecule has 5 heteroatoms. The van der Waals surface area contributed by atoms with Crippen molar-refractivity contribution in [2.75, 3.05) is 26.3 Å². The summed E-state index contributed by atoms with van der Waals surface area (Å²) in [6.07, 6.45) is 0. The SMILES string of the molecule is O=C(NCc1ccc(CN2CCOCC2)cc1)c1cccc(OCc2ccccc2)c1. The molecule has 0 saturated carbocycles. The van der Waals surface area contributed by atoms with E-state index in [4.69, 9.17) is 9.47 Å². The number of benzene rings is 3. The smallest absolute Gasteiger partial charge is 0.251 e. The lowest BCUT2D eigenvalue weighted by atomic mass is 10.1. The van der Waals surface area contributed by atoms with Crippen LogP contribution in [0.1, 0.15) is 27.0 Å². The van der Waals surface area contributed by atoms with Gasteiger partial charge in [-0.2, -0.15) is 0 Å². The van der Waals surface area contributed by atoms with Gasteiger partial charge in [0.1, 0.15) is 12.4 Å². The molecule has 0 radical (unpaired) electrons. The fourth-order valence-electron chi connectivity index (χ4n) is 3.53. The molecule has 0 aliphatic carbocycles. The van der Waals surface area contributed by atoms with Gasteiger partial charge in [0, 0.05) is 31.7 Å². The maximum Gasteiger partial charge on any atom is 0.251 e. The normalized spacial score (nSPS) is 14.2. The van der Waals surface area contributed by atoms with Crippen molar-refractivity contribution in [3.05, 3.63) is 101 Å². The first-order valence-electron chi connectivity index (χ1n) is 10.7. The van der Waals surface area contributed by atoms with Crippen LogP contribution < -0.4 is 10.1 Å². The molecule has 1 N–H and O–H groups in total. The molecule has 4 rings (SSSR count). The molecule has 1 amide bonds. The molecule has 0 bridgehead atoms. The fraction of sp³-hybridized carbons (Fsp3) is 0.269. The predicted molar refractivity (Wildman–Crippen MR) is 121 cm³/mol. The van der Waals surface area contributed by atoms with Crippen molar-refractivity contribution in [1.29, 1.82) is 0 Å². The highest BCUT2D eigenvalue weighted by atomic mass is 16.5. The molecule has 5 nitrogen and oxygen atoms in total. The number of hydrogen-bond acceptors (Lipinski definition) is 4. The molecule has 0 aromatic heterocycles. The Labute approximate surface area is 183 Å². The molecule has 1 aliphatic rings. The number of rotatable bonds is 8. The second kappa shape index (κ2) is 10.8. The van der Waals surface area contributed by atoms with Crippen LogP contribution in [0.2, 0.25) is 0 Å². The number of morpholine rings is 1. The molecule has 0 unspecified atom stereocenters. The van der Waals surface area contributed by atoms with Gasteiger partial charge in [0.05, 0.1) is 13.2 Å². The minimum absolute atomic E-state index is 0.109. The quantitative estimate of drug-likeness (QED) is 0.602. The van der Waals surface area contributed by atoms with Crippen molar-refractivity contribution in [3.8, 4) is 5.75 Å². The van der Waals surface area contributed by atoms with Gasteiger partial charge in [-0.25, -0.2) is 0 Å². The topological polar surface area (TPSA) is 50.8 Å². The molecule has 31 heavy (non-hydrogen) atoms. The summed E-state index contributed by atoms with van der Waals surface area (Å²) in [4.78, 5) is 15.0. The Kier molecular flexibility index (Phi) is 7.32. The summed E-state index contributed by atoms with van der Waals surface area (Å²) in [5.74, 6) is 0.575. The van der Waals surface area contributed by atoms with Gasteiger partial charge >= 0.3 is 0 Å². The van der Waals surface area contributed by atoms with Crippen molar-refractivity contribution in [1.82, 2.24) is 10.2 Å². The van der Waals surface area contributed by atoms with E-state index in [2.05, 4.69) is 34.5 Å². The third kappa shape index (κ3) is 6.41. The number of hydrogen-bond donors (Lipinski definition) is 1. The zero-order valence-electron chi connectivity index (χ0n) is 17.6. The van der Waals surface area contributed by atoms with Crippen molar-refractivity contribution in [2.24, 2.45) is 0 Å². The fourth-order valence-corrected chi connectivity index (χ4v) is 3.53. The summed E-state index contributed by atoms with van der Waals surface area (Å²) in [5.41, 5.74) is 4.04. The lowest BCUT2D eigenvalue weighted by Gasteiger charge is -2.26. The van der Waals surface area contributed by atoms with Crippen LogP contribution in [0.5, 0.6) is 5.75 Å². The Hall–Kier alpha value is -3.15. The molecular formula is C26H28N2O3. The second-order valence-corrected chi connectivity index (χ2v) is 7.69. The minimum atomic E-state index is -0.109. The molecule has 1 fully saturated rings. The Balaban J connectivity index is 1.27. The van der Waals surface area contributed by atoms with Gasteiger partial charge in [0.2, 0.25) is 0 Å². The number of amides is 1. The lowest BCUT2D eigenvalue weighted by Crippen LogP contribution is -2.35. The van der Waals surface area contributed by atoms with E-state index in [1.807, 2.05) is 42.5 Å². The number of ether oxygens (including phenoxy) is 2. The van der Waals surface area contributed by atoms with E-state index < -0.39 is 0 Å². The van der Waals surface area contributed by atoms with Crippen LogP contribution in [0.15, 0.2) is 78.9 Å². The Bertz CT molecular complexity index is 967. The summed E-state index contributed by atoms with van der Waals surface area (Å²) in [7, 11) is 0. The Morgan fingerprint density at radius 3 is 2.39 bits per heavy atom. The van der Waals surface area contributed by atoms with E-state index in [1.165, 1.54) is 5.56 Å². The maximum atomic E-state index is 12.6. The maximum absolute atomic E-state index is 12.6. The van der Waals surface area contributed by atoms with E-state index >= 15 is 0 Å². The highest BCUT2D eigenvalue weighted by Crippen LogP contribution is 2.16. The van der Waals surface area contributed by atoms with Gasteiger partial charge in [0.15, 0.2) is 0 Å². The van der Waals surface area contributed by atoms with Crippen LogP contribution in [-0.2, 0) is 24.4 Å². The zero-order chi connectivity index (χ0) is 21.3. The van der Waals surface area contributed by atoms with Crippen LogP contribution in [0, 0.1) is 0 Å². The van der Waals surface area contributed by atoms with E-state index in [1.54, 1.807) is 12.1 Å². The van der Waals surface area contributed by atoms with E-state index in [0.717, 1.165) is 44.0 Å². The van der Waals surface area contributed by atoms with Crippen LogP contribution in [-0.4, -0.2) is 37.1 Å². The minimum Gasteiger partial charge on any atom is -0.489 e. The van der Waals surface area contributed by atoms with E-state index in [9.17, 15) is 4.79 Å². The third-order valence-corrected chi connectivity index (χ3v) is 5.33. The van der Waals surface area contributed by atoms with Crippen LogP contribution in [0.25, 0.3) is 0 Å². The summed E-state index contributed by atoms with van der Waals surface area (Å²) in [5, 5.41) is 3.00. The summed E-state index contributed by atoms with van der Waals surface area (Å²) >= 11 is 0. The zero-order valence-corrected chi connectivity index (χ0v) is 17.6. The van der Waals surface area contributed by atoms with Gasteiger partial charge in [-0.05, 0) is 34.9 Å². The standard InChI is InChI=1S/C26H28N2O3/c29-26(24-7-4-8-25(17-24)31-20-23-5-2-1-3-6-23)27-18-21-9-11-22(12-10-21)19-28-13-15-30-16-14-28/h1-12,17H,13-16,18-20H2,(H,27,29). The van der Waals surface area contributed by atoms with Crippen molar-refractivity contribution in [2.45, 2.75) is 19.7 Å². The van der Waals surface area contributed by atoms with Crippen LogP contribution >= 0.6 is 0 Å². The first-order valence-corrected chi connectivity index (χ1v) is 10.7. The second-order valence-electron chi connectivity index (χ2n) is 7.69. The first-order chi connectivity index (χ1) is 15.3. The number of carbonyl (C=O) groups is 1. The number of nitrogens with zero attached hydrogens (tertiary/aromatic N) is 1. The molecule has 3 aromatic rings. The van der Waals surface area contributed by atoms with Gasteiger partial charge < -0.3 is 14.8 Å². The Morgan fingerprint density at radius 1 is 0.871 bits per heavy atom. The predicted octanol–water partition coefficient (Wildman–Crippen LogP) is 4.03. The highest BCUT2D eigenvalue weighted by Gasteiger charge is 2.11. The lowest BCUT2D eigenvalue weighted by molar-refractivity contribution is 0.0342. The largest absolute Gasteiger partial charge is 0.489 e. The molecule has 1 heterocycles. The summed E-state index contributed by atoms with van der Waals surface area (Å²) in [6, 6.07) is 25.7. The van der Waals surface area contributed by atoms with Crippen molar-refractivity contribution >= 4 is 5.91 Å². The third-order valence-electron chi connectivity index (χ3n) is 5.33. The molecule has 1 saturated heterocycles. The average molecular weight is 417 g/mol. The monoisotopic (exact) mass is 416 g/mol. The molecule has 0 atom stereocenters. The van der Waals surface area contributed by atoms with Gasteiger partial charge in [0.25, 0.3) is 5.91 Å². The van der Waals surface area contributed by atoms with Gasteiger partial charge in [-0.15, -0.1) is 0 Å².